The number of hydrogen-bond acceptors (Lipinski definition) is 3. The van der Waals surface area contributed by atoms with Crippen molar-refractivity contribution < 1.29 is 13.6 Å². The molecule has 2 heterocycles. The second-order valence-corrected chi connectivity index (χ2v) is 5.03. The van der Waals surface area contributed by atoms with Gasteiger partial charge in [-0.2, -0.15) is 5.10 Å². The number of nitrogens with one attached hydrogen (secondary N) is 3. The highest BCUT2D eigenvalue weighted by Crippen LogP contribution is 2.26. The Hall–Kier alpha value is -1.99. The van der Waals surface area contributed by atoms with Crippen molar-refractivity contribution in [1.29, 1.82) is 0 Å². The minimum absolute atomic E-state index is 0. The van der Waals surface area contributed by atoms with Gasteiger partial charge < -0.3 is 5.32 Å². The van der Waals surface area contributed by atoms with Crippen LogP contribution in [-0.4, -0.2) is 34.6 Å². The fourth-order valence-electron chi connectivity index (χ4n) is 2.31. The molecule has 0 saturated carbocycles. The third-order valence-electron chi connectivity index (χ3n) is 3.37. The van der Waals surface area contributed by atoms with Crippen LogP contribution >= 0.6 is 12.4 Å². The zero-order valence-electron chi connectivity index (χ0n) is 11.5. The van der Waals surface area contributed by atoms with E-state index in [0.717, 1.165) is 11.3 Å². The van der Waals surface area contributed by atoms with E-state index >= 15 is 0 Å². The van der Waals surface area contributed by atoms with Gasteiger partial charge in [-0.3, -0.25) is 15.2 Å². The maximum atomic E-state index is 13.1. The Morgan fingerprint density at radius 2 is 2.18 bits per heavy atom. The average molecular weight is 329 g/mol. The molecule has 0 spiro atoms. The highest BCUT2D eigenvalue weighted by molar-refractivity contribution is 5.95. The van der Waals surface area contributed by atoms with Crippen LogP contribution in [0.4, 0.5) is 14.5 Å². The summed E-state index contributed by atoms with van der Waals surface area (Å²) in [7, 11) is 0. The van der Waals surface area contributed by atoms with Gasteiger partial charge in [0.1, 0.15) is 0 Å². The number of rotatable bonds is 3. The van der Waals surface area contributed by atoms with Gasteiger partial charge in [0.05, 0.1) is 18.3 Å². The molecule has 8 heteroatoms. The van der Waals surface area contributed by atoms with Crippen molar-refractivity contribution in [3.8, 4) is 11.3 Å². The highest BCUT2D eigenvalue weighted by Gasteiger charge is 2.42. The van der Waals surface area contributed by atoms with E-state index in [1.54, 1.807) is 30.5 Å². The molecule has 1 aliphatic rings. The molecule has 1 aliphatic heterocycles. The van der Waals surface area contributed by atoms with Crippen LogP contribution in [0.15, 0.2) is 36.5 Å². The van der Waals surface area contributed by atoms with Crippen molar-refractivity contribution in [1.82, 2.24) is 15.5 Å². The number of carbonyl (C=O) groups excluding carboxylic acids is 1. The van der Waals surface area contributed by atoms with Gasteiger partial charge in [0.2, 0.25) is 5.91 Å². The molecule has 0 bridgehead atoms. The molecular formula is C14H15ClF2N4O. The Labute approximate surface area is 131 Å². The molecule has 1 fully saturated rings. The zero-order chi connectivity index (χ0) is 14.9. The van der Waals surface area contributed by atoms with Crippen LogP contribution in [0.2, 0.25) is 0 Å². The smallest absolute Gasteiger partial charge is 0.262 e. The van der Waals surface area contributed by atoms with Gasteiger partial charge >= 0.3 is 0 Å². The van der Waals surface area contributed by atoms with Gasteiger partial charge in [0, 0.05) is 23.9 Å². The lowest BCUT2D eigenvalue weighted by Crippen LogP contribution is -2.35. The van der Waals surface area contributed by atoms with E-state index in [1.165, 1.54) is 0 Å². The fraction of sp³-hybridized carbons (Fsp3) is 0.286. The van der Waals surface area contributed by atoms with Crippen LogP contribution in [0.25, 0.3) is 11.3 Å². The molecule has 3 N–H and O–H groups in total. The molecule has 22 heavy (non-hydrogen) atoms. The maximum Gasteiger partial charge on any atom is 0.262 e. The quantitative estimate of drug-likeness (QED) is 0.810. The Morgan fingerprint density at radius 1 is 1.36 bits per heavy atom. The molecule has 0 radical (unpaired) electrons. The standard InChI is InChI=1S/C14H14F2N4O.ClH/c15-14(16)7-12(17-8-14)13(21)19-10-3-1-2-9(6-10)11-4-5-18-20-11;/h1-6,12,17H,7-8H2,(H,18,20)(H,19,21);1H. The molecular weight excluding hydrogens is 314 g/mol. The first-order valence-electron chi connectivity index (χ1n) is 6.55. The number of nitrogens with zero attached hydrogens (tertiary/aromatic N) is 1. The van der Waals surface area contributed by atoms with Gasteiger partial charge in [-0.1, -0.05) is 12.1 Å². The van der Waals surface area contributed by atoms with Crippen molar-refractivity contribution >= 4 is 24.0 Å². The molecule has 5 nitrogen and oxygen atoms in total. The molecule has 2 aromatic rings. The molecule has 118 valence electrons. The van der Waals surface area contributed by atoms with Crippen LogP contribution in [0.5, 0.6) is 0 Å². The lowest BCUT2D eigenvalue weighted by molar-refractivity contribution is -0.118. The SMILES string of the molecule is Cl.O=C(Nc1cccc(-c2ccn[nH]2)c1)C1CC(F)(F)CN1. The zero-order valence-corrected chi connectivity index (χ0v) is 12.3. The van der Waals surface area contributed by atoms with Gasteiger partial charge in [0.25, 0.3) is 5.92 Å². The van der Waals surface area contributed by atoms with E-state index in [-0.39, 0.29) is 12.4 Å². The summed E-state index contributed by atoms with van der Waals surface area (Å²) in [6, 6.07) is 8.06. The number of carbonyl (C=O) groups is 1. The van der Waals surface area contributed by atoms with E-state index in [2.05, 4.69) is 20.8 Å². The summed E-state index contributed by atoms with van der Waals surface area (Å²) in [5, 5.41) is 11.9. The Kier molecular flexibility index (Phi) is 4.77. The number of amides is 1. The van der Waals surface area contributed by atoms with Crippen LogP contribution < -0.4 is 10.6 Å². The monoisotopic (exact) mass is 328 g/mol. The van der Waals surface area contributed by atoms with Gasteiger partial charge in [-0.15, -0.1) is 12.4 Å². The lowest BCUT2D eigenvalue weighted by Gasteiger charge is -2.12. The number of benzene rings is 1. The first kappa shape index (κ1) is 16.4. The van der Waals surface area contributed by atoms with Gasteiger partial charge in [-0.25, -0.2) is 8.78 Å². The van der Waals surface area contributed by atoms with Crippen molar-refractivity contribution in [2.24, 2.45) is 0 Å². The second kappa shape index (κ2) is 6.41. The summed E-state index contributed by atoms with van der Waals surface area (Å²) in [6.07, 6.45) is 1.16. The Morgan fingerprint density at radius 3 is 2.82 bits per heavy atom. The summed E-state index contributed by atoms with van der Waals surface area (Å²) in [5.74, 6) is -3.27. The molecule has 0 aliphatic carbocycles. The summed E-state index contributed by atoms with van der Waals surface area (Å²) in [4.78, 5) is 12.0. The van der Waals surface area contributed by atoms with Crippen molar-refractivity contribution in [3.63, 3.8) is 0 Å². The summed E-state index contributed by atoms with van der Waals surface area (Å²) in [5.41, 5.74) is 2.23. The highest BCUT2D eigenvalue weighted by atomic mass is 35.5. The van der Waals surface area contributed by atoms with E-state index < -0.39 is 30.8 Å². The predicted molar refractivity (Wildman–Crippen MR) is 81.3 cm³/mol. The second-order valence-electron chi connectivity index (χ2n) is 5.03. The van der Waals surface area contributed by atoms with E-state index in [4.69, 9.17) is 0 Å². The van der Waals surface area contributed by atoms with Gasteiger partial charge in [-0.05, 0) is 18.2 Å². The number of aromatic nitrogens is 2. The minimum Gasteiger partial charge on any atom is -0.325 e. The number of anilines is 1. The molecule has 1 saturated heterocycles. The number of H-pyrrole nitrogens is 1. The van der Waals surface area contributed by atoms with E-state index in [0.29, 0.717) is 5.69 Å². The molecule has 1 aromatic carbocycles. The Bertz CT molecular complexity index is 648. The summed E-state index contributed by atoms with van der Waals surface area (Å²) < 4.78 is 26.2. The molecule has 3 rings (SSSR count). The summed E-state index contributed by atoms with van der Waals surface area (Å²) >= 11 is 0. The fourth-order valence-corrected chi connectivity index (χ4v) is 2.31. The van der Waals surface area contributed by atoms with Crippen LogP contribution in [0, 0.1) is 0 Å². The van der Waals surface area contributed by atoms with Crippen molar-refractivity contribution in [3.05, 3.63) is 36.5 Å². The predicted octanol–water partition coefficient (Wildman–Crippen LogP) is 2.43. The van der Waals surface area contributed by atoms with E-state index in [9.17, 15) is 13.6 Å². The van der Waals surface area contributed by atoms with Crippen LogP contribution in [-0.2, 0) is 4.79 Å². The number of aromatic amines is 1. The molecule has 1 aromatic heterocycles. The molecule has 1 atom stereocenters. The third kappa shape index (κ3) is 3.61. The largest absolute Gasteiger partial charge is 0.325 e. The molecule has 1 amide bonds. The van der Waals surface area contributed by atoms with Gasteiger partial charge in [0.15, 0.2) is 0 Å². The first-order chi connectivity index (χ1) is 10.0. The summed E-state index contributed by atoms with van der Waals surface area (Å²) in [6.45, 7) is -0.459. The topological polar surface area (TPSA) is 69.8 Å². The van der Waals surface area contributed by atoms with Crippen molar-refractivity contribution in [2.75, 3.05) is 11.9 Å². The van der Waals surface area contributed by atoms with E-state index in [1.807, 2.05) is 6.07 Å². The normalized spacial score (nSPS) is 19.5. The number of halogens is 3. The third-order valence-corrected chi connectivity index (χ3v) is 3.37. The number of alkyl halides is 2. The van der Waals surface area contributed by atoms with Crippen LogP contribution in [0.3, 0.4) is 0 Å². The maximum absolute atomic E-state index is 13.1. The first-order valence-corrected chi connectivity index (χ1v) is 6.55. The minimum atomic E-state index is -2.82. The molecule has 1 unspecified atom stereocenters. The average Bonchev–Trinajstić information content (AvgIpc) is 3.08. The van der Waals surface area contributed by atoms with Crippen molar-refractivity contribution in [2.45, 2.75) is 18.4 Å². The number of hydrogen-bond donors (Lipinski definition) is 3. The Balaban J connectivity index is 0.00000176. The lowest BCUT2D eigenvalue weighted by atomic mass is 10.1. The van der Waals surface area contributed by atoms with Crippen LogP contribution in [0.1, 0.15) is 6.42 Å².